The Bertz CT molecular complexity index is 464. The molecule has 110 valence electrons. The fourth-order valence-corrected chi connectivity index (χ4v) is 2.25. The Labute approximate surface area is 115 Å². The molecule has 0 spiro atoms. The summed E-state index contributed by atoms with van der Waals surface area (Å²) in [5.74, 6) is -0.992. The molecule has 0 N–H and O–H groups in total. The molecule has 0 saturated carbocycles. The normalized spacial score (nSPS) is 22.2. The molecular formula is C14H16F3NO2. The van der Waals surface area contributed by atoms with E-state index in [0.29, 0.717) is 6.61 Å². The van der Waals surface area contributed by atoms with Gasteiger partial charge in [0.1, 0.15) is 11.9 Å². The first-order chi connectivity index (χ1) is 9.49. The molecule has 20 heavy (non-hydrogen) atoms. The fourth-order valence-electron chi connectivity index (χ4n) is 2.25. The smallest absolute Gasteiger partial charge is 0.256 e. The van der Waals surface area contributed by atoms with Gasteiger partial charge in [-0.25, -0.2) is 13.2 Å². The molecule has 1 aliphatic rings. The van der Waals surface area contributed by atoms with Crippen molar-refractivity contribution in [3.63, 3.8) is 0 Å². The number of carbonyl (C=O) groups is 1. The summed E-state index contributed by atoms with van der Waals surface area (Å²) >= 11 is 0. The standard InChI is InChI=1S/C14H16F3NO2/c1-9-6-7-20-13(9)14(19)18(8-12(16)17)11-4-2-10(15)3-5-11/h2-5,9,12-13H,6-8H2,1H3/t9-,13+/m1/s1. The van der Waals surface area contributed by atoms with E-state index in [9.17, 15) is 18.0 Å². The van der Waals surface area contributed by atoms with Crippen molar-refractivity contribution in [3.05, 3.63) is 30.1 Å². The number of nitrogens with zero attached hydrogens (tertiary/aromatic N) is 1. The van der Waals surface area contributed by atoms with E-state index >= 15 is 0 Å². The summed E-state index contributed by atoms with van der Waals surface area (Å²) in [5, 5.41) is 0. The summed E-state index contributed by atoms with van der Waals surface area (Å²) in [7, 11) is 0. The number of carbonyl (C=O) groups excluding carboxylic acids is 1. The lowest BCUT2D eigenvalue weighted by Gasteiger charge is -2.26. The van der Waals surface area contributed by atoms with E-state index in [1.165, 1.54) is 12.1 Å². The van der Waals surface area contributed by atoms with Crippen molar-refractivity contribution in [2.75, 3.05) is 18.1 Å². The number of alkyl halides is 2. The first-order valence-electron chi connectivity index (χ1n) is 6.45. The number of hydrogen-bond donors (Lipinski definition) is 0. The molecule has 1 aliphatic heterocycles. The summed E-state index contributed by atoms with van der Waals surface area (Å²) in [4.78, 5) is 13.3. The first-order valence-corrected chi connectivity index (χ1v) is 6.45. The minimum Gasteiger partial charge on any atom is -0.368 e. The molecule has 2 rings (SSSR count). The summed E-state index contributed by atoms with van der Waals surface area (Å²) in [5.41, 5.74) is 0.249. The van der Waals surface area contributed by atoms with Crippen LogP contribution in [0.2, 0.25) is 0 Å². The van der Waals surface area contributed by atoms with Crippen molar-refractivity contribution in [2.24, 2.45) is 5.92 Å². The zero-order valence-corrected chi connectivity index (χ0v) is 11.1. The largest absolute Gasteiger partial charge is 0.368 e. The molecule has 0 aliphatic carbocycles. The van der Waals surface area contributed by atoms with Crippen LogP contribution < -0.4 is 4.90 Å². The minimum atomic E-state index is -2.67. The van der Waals surface area contributed by atoms with Crippen molar-refractivity contribution in [3.8, 4) is 0 Å². The molecule has 2 atom stereocenters. The number of amides is 1. The minimum absolute atomic E-state index is 0.0110. The quantitative estimate of drug-likeness (QED) is 0.852. The molecule has 0 aromatic heterocycles. The highest BCUT2D eigenvalue weighted by atomic mass is 19.3. The van der Waals surface area contributed by atoms with Gasteiger partial charge >= 0.3 is 0 Å². The predicted octanol–water partition coefficient (Wildman–Crippen LogP) is 2.85. The Balaban J connectivity index is 2.22. The Morgan fingerprint density at radius 1 is 1.40 bits per heavy atom. The summed E-state index contributed by atoms with van der Waals surface area (Å²) < 4.78 is 43.6. The molecule has 6 heteroatoms. The maximum Gasteiger partial charge on any atom is 0.256 e. The van der Waals surface area contributed by atoms with Crippen LogP contribution in [0.5, 0.6) is 0 Å². The number of ether oxygens (including phenoxy) is 1. The third kappa shape index (κ3) is 3.30. The topological polar surface area (TPSA) is 29.5 Å². The van der Waals surface area contributed by atoms with E-state index in [2.05, 4.69) is 0 Å². The fraction of sp³-hybridized carbons (Fsp3) is 0.500. The number of halogens is 3. The van der Waals surface area contributed by atoms with Crippen LogP contribution in [0.25, 0.3) is 0 Å². The average molecular weight is 287 g/mol. The Kier molecular flexibility index (Phi) is 4.65. The average Bonchev–Trinajstić information content (AvgIpc) is 2.82. The van der Waals surface area contributed by atoms with E-state index in [1.807, 2.05) is 6.92 Å². The Morgan fingerprint density at radius 3 is 2.55 bits per heavy atom. The van der Waals surface area contributed by atoms with E-state index in [-0.39, 0.29) is 11.6 Å². The summed E-state index contributed by atoms with van der Waals surface area (Å²) in [6, 6.07) is 4.91. The van der Waals surface area contributed by atoms with Crippen LogP contribution in [-0.4, -0.2) is 31.6 Å². The predicted molar refractivity (Wildman–Crippen MR) is 68.3 cm³/mol. The number of hydrogen-bond acceptors (Lipinski definition) is 2. The van der Waals surface area contributed by atoms with Crippen LogP contribution in [0.3, 0.4) is 0 Å². The van der Waals surface area contributed by atoms with Crippen LogP contribution in [0.15, 0.2) is 24.3 Å². The number of benzene rings is 1. The SMILES string of the molecule is C[C@@H]1CCO[C@@H]1C(=O)N(CC(F)F)c1ccc(F)cc1. The maximum absolute atomic E-state index is 12.9. The van der Waals surface area contributed by atoms with E-state index in [0.717, 1.165) is 23.5 Å². The highest BCUT2D eigenvalue weighted by molar-refractivity contribution is 5.97. The third-order valence-corrected chi connectivity index (χ3v) is 3.36. The summed E-state index contributed by atoms with van der Waals surface area (Å²) in [6.07, 6.45) is -2.65. The zero-order valence-electron chi connectivity index (χ0n) is 11.1. The van der Waals surface area contributed by atoms with Gasteiger partial charge in [0.2, 0.25) is 0 Å². The Morgan fingerprint density at radius 2 is 2.05 bits per heavy atom. The molecule has 0 bridgehead atoms. The van der Waals surface area contributed by atoms with Gasteiger partial charge in [-0.2, -0.15) is 0 Å². The number of anilines is 1. The van der Waals surface area contributed by atoms with Crippen molar-refractivity contribution >= 4 is 11.6 Å². The van der Waals surface area contributed by atoms with E-state index < -0.39 is 30.8 Å². The third-order valence-electron chi connectivity index (χ3n) is 3.36. The molecule has 0 radical (unpaired) electrons. The van der Waals surface area contributed by atoms with Gasteiger partial charge in [-0.3, -0.25) is 4.79 Å². The number of rotatable bonds is 4. The van der Waals surface area contributed by atoms with Gasteiger partial charge in [0.25, 0.3) is 12.3 Å². The molecule has 1 amide bonds. The van der Waals surface area contributed by atoms with Crippen molar-refractivity contribution < 1.29 is 22.7 Å². The van der Waals surface area contributed by atoms with Crippen LogP contribution in [0, 0.1) is 11.7 Å². The molecule has 1 heterocycles. The second kappa shape index (κ2) is 6.26. The molecule has 1 aromatic rings. The Hall–Kier alpha value is -1.56. The van der Waals surface area contributed by atoms with Gasteiger partial charge in [-0.1, -0.05) is 6.92 Å². The summed E-state index contributed by atoms with van der Waals surface area (Å²) in [6.45, 7) is 1.57. The monoisotopic (exact) mass is 287 g/mol. The maximum atomic E-state index is 12.9. The van der Waals surface area contributed by atoms with E-state index in [4.69, 9.17) is 4.74 Å². The van der Waals surface area contributed by atoms with Crippen LogP contribution >= 0.6 is 0 Å². The zero-order chi connectivity index (χ0) is 14.7. The van der Waals surface area contributed by atoms with Crippen LogP contribution in [0.4, 0.5) is 18.9 Å². The van der Waals surface area contributed by atoms with Gasteiger partial charge < -0.3 is 9.64 Å². The van der Waals surface area contributed by atoms with Crippen LogP contribution in [-0.2, 0) is 9.53 Å². The van der Waals surface area contributed by atoms with Gasteiger partial charge in [0.05, 0.1) is 6.54 Å². The molecule has 3 nitrogen and oxygen atoms in total. The lowest BCUT2D eigenvalue weighted by molar-refractivity contribution is -0.129. The van der Waals surface area contributed by atoms with Gasteiger partial charge in [-0.05, 0) is 36.6 Å². The molecule has 0 unspecified atom stereocenters. The van der Waals surface area contributed by atoms with Crippen molar-refractivity contribution in [1.29, 1.82) is 0 Å². The lowest BCUT2D eigenvalue weighted by Crippen LogP contribution is -2.43. The van der Waals surface area contributed by atoms with Gasteiger partial charge in [0.15, 0.2) is 0 Å². The second-order valence-electron chi connectivity index (χ2n) is 4.87. The van der Waals surface area contributed by atoms with Crippen molar-refractivity contribution in [1.82, 2.24) is 0 Å². The molecule has 1 saturated heterocycles. The molecule has 1 aromatic carbocycles. The van der Waals surface area contributed by atoms with Gasteiger partial charge in [0, 0.05) is 12.3 Å². The first kappa shape index (κ1) is 14.8. The molecule has 1 fully saturated rings. The highest BCUT2D eigenvalue weighted by Crippen LogP contribution is 2.25. The second-order valence-corrected chi connectivity index (χ2v) is 4.87. The van der Waals surface area contributed by atoms with Crippen molar-refractivity contribution in [2.45, 2.75) is 25.9 Å². The lowest BCUT2D eigenvalue weighted by atomic mass is 10.0. The van der Waals surface area contributed by atoms with E-state index in [1.54, 1.807) is 0 Å². The highest BCUT2D eigenvalue weighted by Gasteiger charge is 2.35. The molecular weight excluding hydrogens is 271 g/mol. The van der Waals surface area contributed by atoms with Crippen LogP contribution in [0.1, 0.15) is 13.3 Å². The van der Waals surface area contributed by atoms with Gasteiger partial charge in [-0.15, -0.1) is 0 Å².